The van der Waals surface area contributed by atoms with Gasteiger partial charge < -0.3 is 31.0 Å². The van der Waals surface area contributed by atoms with E-state index in [0.717, 1.165) is 16.7 Å². The van der Waals surface area contributed by atoms with Crippen LogP contribution in [-0.4, -0.2) is 63.3 Å². The molecule has 0 fully saturated rings. The number of aliphatic carboxylic acids is 2. The number of benzene rings is 2. The molecule has 0 radical (unpaired) electrons. The third-order valence-electron chi connectivity index (χ3n) is 5.21. The largest absolute Gasteiger partial charge is 0.490 e. The molecule has 1 aromatic heterocycles. The van der Waals surface area contributed by atoms with Gasteiger partial charge in [-0.25, -0.2) is 14.4 Å². The molecule has 0 aliphatic carbocycles. The molecular weight excluding hydrogens is 604 g/mol. The number of rotatable bonds is 8. The molecular formula is C27H27F6N5O6. The normalized spacial score (nSPS) is 10.8. The van der Waals surface area contributed by atoms with Crippen molar-refractivity contribution >= 4 is 29.6 Å². The molecule has 8 N–H and O–H groups in total. The van der Waals surface area contributed by atoms with E-state index >= 15 is 0 Å². The summed E-state index contributed by atoms with van der Waals surface area (Å²) in [7, 11) is 0. The van der Waals surface area contributed by atoms with Crippen LogP contribution in [0, 0.1) is 10.8 Å². The van der Waals surface area contributed by atoms with Gasteiger partial charge in [0, 0.05) is 30.1 Å². The minimum absolute atomic E-state index is 0.00837. The third-order valence-corrected chi connectivity index (χ3v) is 5.21. The van der Waals surface area contributed by atoms with Gasteiger partial charge in [-0.3, -0.25) is 10.8 Å². The number of nitrogens with zero attached hydrogens (tertiary/aromatic N) is 1. The highest BCUT2D eigenvalue weighted by atomic mass is 19.4. The fourth-order valence-corrected chi connectivity index (χ4v) is 3.25. The monoisotopic (exact) mass is 631 g/mol. The minimum Gasteiger partial charge on any atom is -0.475 e. The molecule has 3 aromatic rings. The summed E-state index contributed by atoms with van der Waals surface area (Å²) >= 11 is 0. The van der Waals surface area contributed by atoms with E-state index in [1.54, 1.807) is 19.2 Å². The van der Waals surface area contributed by atoms with E-state index in [0.29, 0.717) is 36.3 Å². The highest BCUT2D eigenvalue weighted by molar-refractivity contribution is 5.95. The van der Waals surface area contributed by atoms with E-state index in [1.807, 2.05) is 53.2 Å². The number of nitrogen functional groups attached to an aromatic ring is 2. The van der Waals surface area contributed by atoms with Crippen LogP contribution in [0.2, 0.25) is 0 Å². The Balaban J connectivity index is 0.000000574. The summed E-state index contributed by atoms with van der Waals surface area (Å²) in [6.07, 6.45) is -5.92. The van der Waals surface area contributed by atoms with Crippen molar-refractivity contribution in [2.75, 3.05) is 6.61 Å². The van der Waals surface area contributed by atoms with Gasteiger partial charge in [-0.05, 0) is 36.1 Å². The second-order valence-electron chi connectivity index (χ2n) is 8.60. The topological polar surface area (TPSA) is 206 Å². The Hall–Kier alpha value is -5.35. The molecule has 0 unspecified atom stereocenters. The standard InChI is InChI=1S/C23H25N5O2.2C2HF3O2/c1-2-30-23(29)20-14-28(12-15-6-8-17(9-7-15)21(24)25)13-19(20)11-16-4-3-5-18(10-16)22(26)27;2*3-2(4,5)1(6)7/h3-10,13-14H,2,11-12H2,1H3,(H3,24,25)(H3,26,27);2*(H,6,7). The Morgan fingerprint density at radius 3 is 1.75 bits per heavy atom. The first kappa shape index (κ1) is 36.7. The van der Waals surface area contributed by atoms with Crippen molar-refractivity contribution in [3.8, 4) is 0 Å². The lowest BCUT2D eigenvalue weighted by Crippen LogP contribution is -2.21. The predicted molar refractivity (Wildman–Crippen MR) is 145 cm³/mol. The maximum absolute atomic E-state index is 12.5. The molecule has 3 rings (SSSR count). The average molecular weight is 632 g/mol. The number of carbonyl (C=O) groups is 3. The van der Waals surface area contributed by atoms with Gasteiger partial charge in [-0.15, -0.1) is 0 Å². The van der Waals surface area contributed by atoms with Crippen LogP contribution in [0.1, 0.15) is 45.1 Å². The molecule has 0 atom stereocenters. The molecule has 0 saturated heterocycles. The zero-order valence-electron chi connectivity index (χ0n) is 22.8. The SMILES string of the molecule is CCOC(=O)c1cn(Cc2ccc(C(=N)N)cc2)cc1Cc1cccc(C(=N)N)c1.O=C(O)C(F)(F)F.O=C(O)C(F)(F)F. The zero-order valence-corrected chi connectivity index (χ0v) is 22.8. The summed E-state index contributed by atoms with van der Waals surface area (Å²) in [5.41, 5.74) is 15.8. The quantitative estimate of drug-likeness (QED) is 0.0920. The number of nitrogens with two attached hydrogens (primary N) is 2. The van der Waals surface area contributed by atoms with Gasteiger partial charge in [0.1, 0.15) is 11.7 Å². The van der Waals surface area contributed by atoms with Crippen LogP contribution in [0.5, 0.6) is 0 Å². The van der Waals surface area contributed by atoms with E-state index in [-0.39, 0.29) is 17.6 Å². The first-order valence-corrected chi connectivity index (χ1v) is 12.1. The fourth-order valence-electron chi connectivity index (χ4n) is 3.25. The third kappa shape index (κ3) is 12.3. The Labute approximate surface area is 245 Å². The second-order valence-corrected chi connectivity index (χ2v) is 8.60. The van der Waals surface area contributed by atoms with Crippen molar-refractivity contribution in [3.05, 3.63) is 94.3 Å². The average Bonchev–Trinajstić information content (AvgIpc) is 3.30. The zero-order chi connectivity index (χ0) is 33.8. The maximum Gasteiger partial charge on any atom is 0.490 e. The molecule has 44 heavy (non-hydrogen) atoms. The van der Waals surface area contributed by atoms with E-state index in [9.17, 15) is 31.1 Å². The molecule has 2 aromatic carbocycles. The summed E-state index contributed by atoms with van der Waals surface area (Å²) in [5, 5.41) is 29.4. The van der Waals surface area contributed by atoms with E-state index in [2.05, 4.69) is 0 Å². The maximum atomic E-state index is 12.5. The number of ether oxygens (including phenoxy) is 1. The minimum atomic E-state index is -5.08. The number of carboxylic acids is 2. The van der Waals surface area contributed by atoms with Crippen molar-refractivity contribution in [2.24, 2.45) is 11.5 Å². The Kier molecular flexibility index (Phi) is 13.1. The number of hydrogen-bond acceptors (Lipinski definition) is 6. The molecule has 0 aliphatic heterocycles. The number of alkyl halides is 6. The van der Waals surface area contributed by atoms with Gasteiger partial charge in [0.05, 0.1) is 12.2 Å². The number of esters is 1. The first-order valence-electron chi connectivity index (χ1n) is 12.1. The van der Waals surface area contributed by atoms with Crippen LogP contribution in [0.15, 0.2) is 60.9 Å². The molecule has 0 bridgehead atoms. The lowest BCUT2D eigenvalue weighted by molar-refractivity contribution is -0.193. The smallest absolute Gasteiger partial charge is 0.475 e. The molecule has 1 heterocycles. The van der Waals surface area contributed by atoms with E-state index in [4.69, 9.17) is 46.8 Å². The van der Waals surface area contributed by atoms with Crippen LogP contribution >= 0.6 is 0 Å². The van der Waals surface area contributed by atoms with Crippen LogP contribution < -0.4 is 11.5 Å². The van der Waals surface area contributed by atoms with E-state index < -0.39 is 24.3 Å². The van der Waals surface area contributed by atoms with Gasteiger partial charge in [0.2, 0.25) is 0 Å². The highest BCUT2D eigenvalue weighted by Crippen LogP contribution is 2.20. The number of nitrogens with one attached hydrogen (secondary N) is 2. The molecule has 0 spiro atoms. The van der Waals surface area contributed by atoms with Gasteiger partial charge in [0.15, 0.2) is 0 Å². The summed E-state index contributed by atoms with van der Waals surface area (Å²) in [4.78, 5) is 30.3. The van der Waals surface area contributed by atoms with Crippen LogP contribution in [0.4, 0.5) is 26.3 Å². The number of halogens is 6. The van der Waals surface area contributed by atoms with Crippen molar-refractivity contribution in [1.82, 2.24) is 4.57 Å². The van der Waals surface area contributed by atoms with Crippen molar-refractivity contribution in [1.29, 1.82) is 10.8 Å². The van der Waals surface area contributed by atoms with Crippen molar-refractivity contribution < 1.29 is 55.7 Å². The van der Waals surface area contributed by atoms with Gasteiger partial charge >= 0.3 is 30.3 Å². The van der Waals surface area contributed by atoms with Gasteiger partial charge in [0.25, 0.3) is 0 Å². The van der Waals surface area contributed by atoms with Crippen LogP contribution in [0.25, 0.3) is 0 Å². The number of carbonyl (C=O) groups excluding carboxylic acids is 1. The highest BCUT2D eigenvalue weighted by Gasteiger charge is 2.38. The number of aromatic nitrogens is 1. The van der Waals surface area contributed by atoms with Crippen molar-refractivity contribution in [2.45, 2.75) is 32.2 Å². The van der Waals surface area contributed by atoms with E-state index in [1.165, 1.54) is 0 Å². The molecule has 11 nitrogen and oxygen atoms in total. The number of hydrogen-bond donors (Lipinski definition) is 6. The number of amidine groups is 2. The van der Waals surface area contributed by atoms with Crippen molar-refractivity contribution in [3.63, 3.8) is 0 Å². The van der Waals surface area contributed by atoms with Gasteiger partial charge in [-0.1, -0.05) is 42.5 Å². The Bertz CT molecular complexity index is 1460. The lowest BCUT2D eigenvalue weighted by atomic mass is 10.0. The summed E-state index contributed by atoms with van der Waals surface area (Å²) in [6.45, 7) is 2.65. The summed E-state index contributed by atoms with van der Waals surface area (Å²) in [5.74, 6) is -5.84. The molecule has 0 amide bonds. The summed E-state index contributed by atoms with van der Waals surface area (Å²) in [6, 6.07) is 14.9. The number of carboxylic acid groups (broad SMARTS) is 2. The van der Waals surface area contributed by atoms with Crippen LogP contribution in [0.3, 0.4) is 0 Å². The second kappa shape index (κ2) is 15.8. The Morgan fingerprint density at radius 1 is 0.818 bits per heavy atom. The summed E-state index contributed by atoms with van der Waals surface area (Å²) < 4.78 is 70.6. The molecule has 17 heteroatoms. The van der Waals surface area contributed by atoms with Crippen LogP contribution in [-0.2, 0) is 27.3 Å². The fraction of sp³-hybridized carbons (Fsp3) is 0.222. The lowest BCUT2D eigenvalue weighted by Gasteiger charge is -2.06. The first-order chi connectivity index (χ1) is 20.3. The Morgan fingerprint density at radius 2 is 1.32 bits per heavy atom. The van der Waals surface area contributed by atoms with Gasteiger partial charge in [-0.2, -0.15) is 26.3 Å². The molecule has 238 valence electrons. The molecule has 0 aliphatic rings. The predicted octanol–water partition coefficient (Wildman–Crippen LogP) is 4.14. The molecule has 0 saturated carbocycles.